The largest absolute Gasteiger partial charge is 0.130 e. The molecule has 0 aliphatic carbocycles. The molecule has 0 aromatic carbocycles. The molecule has 0 saturated carbocycles. The van der Waals surface area contributed by atoms with Crippen LogP contribution in [0.1, 0.15) is 0 Å². The lowest BCUT2D eigenvalue weighted by Gasteiger charge is -2.32. The summed E-state index contributed by atoms with van der Waals surface area (Å²) in [6.45, 7) is 14.1. The number of alkyl halides is 1. The summed E-state index contributed by atoms with van der Waals surface area (Å²) in [7, 11) is -2.14. The predicted octanol–water partition coefficient (Wildman–Crippen LogP) is 3.35. The van der Waals surface area contributed by atoms with E-state index in [-0.39, 0.29) is 0 Å². The van der Waals surface area contributed by atoms with Gasteiger partial charge in [0.25, 0.3) is 0 Å². The van der Waals surface area contributed by atoms with Gasteiger partial charge in [0.05, 0.1) is 16.1 Å². The number of hydrogen-bond donors (Lipinski definition) is 0. The maximum atomic E-state index is 6.36. The van der Waals surface area contributed by atoms with Crippen molar-refractivity contribution in [1.82, 2.24) is 0 Å². The minimum atomic E-state index is -1.07. The molecule has 0 rings (SSSR count). The van der Waals surface area contributed by atoms with Crippen LogP contribution in [0.25, 0.3) is 0 Å². The summed E-state index contributed by atoms with van der Waals surface area (Å²) >= 11 is 6.36. The van der Waals surface area contributed by atoms with Crippen molar-refractivity contribution in [3.8, 4) is 0 Å². The van der Waals surface area contributed by atoms with Gasteiger partial charge in [0.1, 0.15) is 0 Å². The van der Waals surface area contributed by atoms with E-state index in [4.69, 9.17) is 11.6 Å². The fraction of sp³-hybridized carbons (Fsp3) is 1.00. The third-order valence-corrected chi connectivity index (χ3v) is 13.7. The van der Waals surface area contributed by atoms with Crippen molar-refractivity contribution in [2.24, 2.45) is 0 Å². The summed E-state index contributed by atoms with van der Waals surface area (Å²) in [5.41, 5.74) is 0. The fourth-order valence-corrected chi connectivity index (χ4v) is 11.7. The molecule has 10 heavy (non-hydrogen) atoms. The quantitative estimate of drug-likeness (QED) is 0.468. The van der Waals surface area contributed by atoms with Gasteiger partial charge in [-0.05, 0) is 0 Å². The van der Waals surface area contributed by atoms with Crippen molar-refractivity contribution in [1.29, 1.82) is 0 Å². The van der Waals surface area contributed by atoms with Gasteiger partial charge < -0.3 is 0 Å². The van der Waals surface area contributed by atoms with Crippen molar-refractivity contribution in [2.75, 3.05) is 0 Å². The van der Waals surface area contributed by atoms with E-state index < -0.39 is 16.1 Å². The van der Waals surface area contributed by atoms with Gasteiger partial charge in [-0.25, -0.2) is 0 Å². The zero-order valence-corrected chi connectivity index (χ0v) is 10.7. The lowest BCUT2D eigenvalue weighted by atomic mass is 11.7. The van der Waals surface area contributed by atoms with E-state index in [1.54, 1.807) is 0 Å². The van der Waals surface area contributed by atoms with Crippen LogP contribution in [-0.4, -0.2) is 20.8 Å². The van der Waals surface area contributed by atoms with Crippen LogP contribution in [0.5, 0.6) is 0 Å². The molecule has 0 nitrogen and oxygen atoms in total. The minimum absolute atomic E-state index is 0.514. The van der Waals surface area contributed by atoms with Crippen molar-refractivity contribution in [3.05, 3.63) is 0 Å². The molecule has 0 radical (unpaired) electrons. The Hall–Kier alpha value is 0.724. The van der Waals surface area contributed by atoms with Crippen LogP contribution in [-0.2, 0) is 0 Å². The van der Waals surface area contributed by atoms with Crippen molar-refractivity contribution in [2.45, 2.75) is 43.9 Å². The van der Waals surface area contributed by atoms with Gasteiger partial charge in [-0.15, -0.1) is 11.6 Å². The summed E-state index contributed by atoms with van der Waals surface area (Å²) < 4.78 is 0.514. The number of halogens is 1. The van der Waals surface area contributed by atoms with E-state index >= 15 is 0 Å². The average Bonchev–Trinajstić information content (AvgIpc) is 1.59. The molecule has 3 heteroatoms. The van der Waals surface area contributed by atoms with E-state index in [0.717, 1.165) is 0 Å². The smallest absolute Gasteiger partial charge is 0.0613 e. The molecule has 0 amide bonds. The maximum Gasteiger partial charge on any atom is 0.0613 e. The lowest BCUT2D eigenvalue weighted by molar-refractivity contribution is 1.45. The third kappa shape index (κ3) is 3.21. The molecule has 0 aromatic heterocycles. The normalized spacial score (nSPS) is 14.4. The Morgan fingerprint density at radius 2 is 1.00 bits per heavy atom. The standard InChI is InChI=1S/C7H19ClSi2/c1-9(2,3)7(8)10(4,5)6/h7H,1-6H3. The highest BCUT2D eigenvalue weighted by Gasteiger charge is 2.35. The Morgan fingerprint density at radius 1 is 0.800 bits per heavy atom. The second-order valence-electron chi connectivity index (χ2n) is 5.09. The second-order valence-corrected chi connectivity index (χ2v) is 17.5. The first kappa shape index (κ1) is 10.7. The van der Waals surface area contributed by atoms with Crippen LogP contribution >= 0.6 is 11.6 Å². The zero-order valence-electron chi connectivity index (χ0n) is 7.96. The predicted molar refractivity (Wildman–Crippen MR) is 56.3 cm³/mol. The molecule has 0 atom stereocenters. The van der Waals surface area contributed by atoms with E-state index in [1.807, 2.05) is 0 Å². The van der Waals surface area contributed by atoms with Crippen LogP contribution in [0.2, 0.25) is 39.3 Å². The van der Waals surface area contributed by atoms with Gasteiger partial charge in [-0.3, -0.25) is 0 Å². The second kappa shape index (κ2) is 2.99. The van der Waals surface area contributed by atoms with Gasteiger partial charge >= 0.3 is 0 Å². The highest BCUT2D eigenvalue weighted by Crippen LogP contribution is 2.23. The molecular weight excluding hydrogens is 176 g/mol. The van der Waals surface area contributed by atoms with Crippen molar-refractivity contribution >= 4 is 27.7 Å². The van der Waals surface area contributed by atoms with Gasteiger partial charge in [0, 0.05) is 4.62 Å². The SMILES string of the molecule is C[Si](C)(C)C(Cl)[Si](C)(C)C. The molecule has 0 N–H and O–H groups in total. The monoisotopic (exact) mass is 194 g/mol. The number of rotatable bonds is 2. The van der Waals surface area contributed by atoms with E-state index in [0.29, 0.717) is 4.62 Å². The Kier molecular flexibility index (Phi) is 3.21. The molecule has 0 aromatic rings. The Balaban J connectivity index is 4.23. The Morgan fingerprint density at radius 3 is 1.00 bits per heavy atom. The van der Waals surface area contributed by atoms with Crippen LogP contribution in [0.4, 0.5) is 0 Å². The highest BCUT2D eigenvalue weighted by atomic mass is 35.5. The van der Waals surface area contributed by atoms with Gasteiger partial charge in [-0.1, -0.05) is 39.3 Å². The molecule has 0 spiro atoms. The highest BCUT2D eigenvalue weighted by molar-refractivity contribution is 7.03. The lowest BCUT2D eigenvalue weighted by Crippen LogP contribution is -2.50. The summed E-state index contributed by atoms with van der Waals surface area (Å²) in [5, 5.41) is 0. The Labute approximate surface area is 72.0 Å². The van der Waals surface area contributed by atoms with Crippen molar-refractivity contribution in [3.63, 3.8) is 0 Å². The van der Waals surface area contributed by atoms with E-state index in [9.17, 15) is 0 Å². The third-order valence-electron chi connectivity index (χ3n) is 1.52. The van der Waals surface area contributed by atoms with Gasteiger partial charge in [0.2, 0.25) is 0 Å². The summed E-state index contributed by atoms with van der Waals surface area (Å²) in [4.78, 5) is 0. The van der Waals surface area contributed by atoms with E-state index in [1.165, 1.54) is 0 Å². The summed E-state index contributed by atoms with van der Waals surface area (Å²) in [6.07, 6.45) is 0. The fourth-order valence-electron chi connectivity index (χ4n) is 1.30. The zero-order chi connectivity index (χ0) is 8.58. The molecule has 0 aliphatic heterocycles. The van der Waals surface area contributed by atoms with Crippen LogP contribution in [0.15, 0.2) is 0 Å². The molecular formula is C7H19ClSi2. The maximum absolute atomic E-state index is 6.36. The van der Waals surface area contributed by atoms with Crippen molar-refractivity contribution < 1.29 is 0 Å². The molecule has 62 valence electrons. The molecule has 0 unspecified atom stereocenters. The molecule has 0 fully saturated rings. The summed E-state index contributed by atoms with van der Waals surface area (Å²) in [5.74, 6) is 0. The van der Waals surface area contributed by atoms with E-state index in [2.05, 4.69) is 39.3 Å². The average molecular weight is 195 g/mol. The molecule has 0 saturated heterocycles. The number of hydrogen-bond acceptors (Lipinski definition) is 0. The van der Waals surface area contributed by atoms with Crippen LogP contribution in [0, 0.1) is 0 Å². The van der Waals surface area contributed by atoms with Crippen LogP contribution in [0.3, 0.4) is 0 Å². The topological polar surface area (TPSA) is 0 Å². The molecule has 0 bridgehead atoms. The molecule has 0 aliphatic rings. The van der Waals surface area contributed by atoms with Crippen LogP contribution < -0.4 is 0 Å². The molecule has 0 heterocycles. The summed E-state index contributed by atoms with van der Waals surface area (Å²) in [6, 6.07) is 0. The first-order chi connectivity index (χ1) is 4.15. The van der Waals surface area contributed by atoms with Gasteiger partial charge in [0.15, 0.2) is 0 Å². The Bertz CT molecular complexity index is 95.8. The van der Waals surface area contributed by atoms with Gasteiger partial charge in [-0.2, -0.15) is 0 Å². The first-order valence-electron chi connectivity index (χ1n) is 3.80. The minimum Gasteiger partial charge on any atom is -0.130 e. The first-order valence-corrected chi connectivity index (χ1v) is 11.4.